The van der Waals surface area contributed by atoms with E-state index in [0.717, 1.165) is 5.75 Å². The van der Waals surface area contributed by atoms with Gasteiger partial charge >= 0.3 is 0 Å². The Kier molecular flexibility index (Phi) is 4.23. The number of nitrogens with one attached hydrogen (secondary N) is 1. The normalized spacial score (nSPS) is 25.4. The van der Waals surface area contributed by atoms with Crippen LogP contribution in [0.15, 0.2) is 18.2 Å². The number of hydrogen-bond donors (Lipinski definition) is 1. The molecule has 116 valence electrons. The molecule has 1 N–H and O–H groups in total. The second-order valence-corrected chi connectivity index (χ2v) is 6.88. The van der Waals surface area contributed by atoms with Crippen molar-refractivity contribution in [3.8, 4) is 5.75 Å². The number of ether oxygens (including phenoxy) is 1. The van der Waals surface area contributed by atoms with Crippen molar-refractivity contribution in [2.45, 2.75) is 50.6 Å². The first-order valence-corrected chi connectivity index (χ1v) is 8.22. The average molecular weight is 288 g/mol. The summed E-state index contributed by atoms with van der Waals surface area (Å²) >= 11 is 0. The van der Waals surface area contributed by atoms with Gasteiger partial charge in [-0.1, -0.05) is 6.07 Å². The number of likely N-dealkylation sites (tertiary alicyclic amines) is 1. The van der Waals surface area contributed by atoms with E-state index in [4.69, 9.17) is 4.74 Å². The molecule has 1 unspecified atom stereocenters. The van der Waals surface area contributed by atoms with Crippen LogP contribution in [0.3, 0.4) is 0 Å². The van der Waals surface area contributed by atoms with Gasteiger partial charge in [0.1, 0.15) is 5.75 Å². The number of rotatable bonds is 3. The van der Waals surface area contributed by atoms with Crippen LogP contribution in [0.25, 0.3) is 0 Å². The van der Waals surface area contributed by atoms with Crippen molar-refractivity contribution in [3.63, 3.8) is 0 Å². The minimum atomic E-state index is 0.340. The third kappa shape index (κ3) is 3.09. The van der Waals surface area contributed by atoms with Crippen LogP contribution < -0.4 is 10.1 Å². The Labute approximate surface area is 128 Å². The molecule has 0 bridgehead atoms. The summed E-state index contributed by atoms with van der Waals surface area (Å²) in [6.45, 7) is 4.80. The number of hydrogen-bond acceptors (Lipinski definition) is 3. The van der Waals surface area contributed by atoms with E-state index in [9.17, 15) is 0 Å². The van der Waals surface area contributed by atoms with Gasteiger partial charge in [0.2, 0.25) is 0 Å². The van der Waals surface area contributed by atoms with E-state index in [2.05, 4.69) is 42.4 Å². The van der Waals surface area contributed by atoms with Crippen LogP contribution in [0.2, 0.25) is 0 Å². The molecule has 3 rings (SSSR count). The molecule has 1 atom stereocenters. The monoisotopic (exact) mass is 288 g/mol. The van der Waals surface area contributed by atoms with Gasteiger partial charge in [-0.2, -0.15) is 0 Å². The minimum absolute atomic E-state index is 0.340. The molecule has 1 aromatic rings. The zero-order valence-corrected chi connectivity index (χ0v) is 13.6. The van der Waals surface area contributed by atoms with Crippen molar-refractivity contribution >= 4 is 0 Å². The number of methoxy groups -OCH3 is 1. The summed E-state index contributed by atoms with van der Waals surface area (Å²) < 4.78 is 5.38. The van der Waals surface area contributed by atoms with Gasteiger partial charge in [0.25, 0.3) is 0 Å². The SMILES string of the molecule is CNC1(C)CCN(C2CCc3ccc(OC)cc3C2)CC1. The van der Waals surface area contributed by atoms with Gasteiger partial charge in [-0.15, -0.1) is 0 Å². The highest BCUT2D eigenvalue weighted by molar-refractivity contribution is 5.38. The van der Waals surface area contributed by atoms with Crippen LogP contribution in [0.4, 0.5) is 0 Å². The van der Waals surface area contributed by atoms with Gasteiger partial charge in [-0.3, -0.25) is 4.90 Å². The molecule has 0 radical (unpaired) electrons. The molecule has 1 saturated heterocycles. The first kappa shape index (κ1) is 14.9. The third-order valence-electron chi connectivity index (χ3n) is 5.64. The Hall–Kier alpha value is -1.06. The van der Waals surface area contributed by atoms with Crippen LogP contribution >= 0.6 is 0 Å². The lowest BCUT2D eigenvalue weighted by atomic mass is 9.84. The lowest BCUT2D eigenvalue weighted by Crippen LogP contribution is -2.53. The minimum Gasteiger partial charge on any atom is -0.497 e. The second kappa shape index (κ2) is 5.98. The van der Waals surface area contributed by atoms with Crippen molar-refractivity contribution in [3.05, 3.63) is 29.3 Å². The smallest absolute Gasteiger partial charge is 0.119 e. The maximum Gasteiger partial charge on any atom is 0.119 e. The van der Waals surface area contributed by atoms with E-state index in [0.29, 0.717) is 11.6 Å². The molecule has 2 aliphatic rings. The molecule has 1 fully saturated rings. The summed E-state index contributed by atoms with van der Waals surface area (Å²) in [7, 11) is 3.85. The quantitative estimate of drug-likeness (QED) is 0.925. The number of piperidine rings is 1. The second-order valence-electron chi connectivity index (χ2n) is 6.88. The molecule has 1 aromatic carbocycles. The number of aryl methyl sites for hydroxylation is 1. The molecule has 3 heteroatoms. The summed E-state index contributed by atoms with van der Waals surface area (Å²) in [5.41, 5.74) is 3.35. The molecular formula is C18H28N2O. The maximum absolute atomic E-state index is 5.38. The molecule has 1 heterocycles. The average Bonchev–Trinajstić information content (AvgIpc) is 2.54. The first-order valence-electron chi connectivity index (χ1n) is 8.22. The Morgan fingerprint density at radius 2 is 2.00 bits per heavy atom. The van der Waals surface area contributed by atoms with Gasteiger partial charge in [0.05, 0.1) is 7.11 Å². The van der Waals surface area contributed by atoms with E-state index in [1.165, 1.54) is 56.3 Å². The van der Waals surface area contributed by atoms with Crippen LogP contribution in [0, 0.1) is 0 Å². The van der Waals surface area contributed by atoms with Crippen molar-refractivity contribution in [2.75, 3.05) is 27.2 Å². The van der Waals surface area contributed by atoms with E-state index >= 15 is 0 Å². The summed E-state index contributed by atoms with van der Waals surface area (Å²) in [6.07, 6.45) is 6.21. The van der Waals surface area contributed by atoms with Gasteiger partial charge in [-0.25, -0.2) is 0 Å². The topological polar surface area (TPSA) is 24.5 Å². The van der Waals surface area contributed by atoms with E-state index in [-0.39, 0.29) is 0 Å². The predicted molar refractivity (Wildman–Crippen MR) is 87.1 cm³/mol. The van der Waals surface area contributed by atoms with Gasteiger partial charge in [0.15, 0.2) is 0 Å². The highest BCUT2D eigenvalue weighted by Crippen LogP contribution is 2.30. The lowest BCUT2D eigenvalue weighted by molar-refractivity contribution is 0.102. The molecule has 0 spiro atoms. The zero-order valence-electron chi connectivity index (χ0n) is 13.6. The van der Waals surface area contributed by atoms with E-state index in [1.807, 2.05) is 0 Å². The summed E-state index contributed by atoms with van der Waals surface area (Å²) in [5, 5.41) is 3.49. The van der Waals surface area contributed by atoms with Crippen molar-refractivity contribution in [2.24, 2.45) is 0 Å². The van der Waals surface area contributed by atoms with Crippen LogP contribution in [0.1, 0.15) is 37.3 Å². The van der Waals surface area contributed by atoms with Crippen LogP contribution in [-0.2, 0) is 12.8 Å². The maximum atomic E-state index is 5.38. The van der Waals surface area contributed by atoms with Gasteiger partial charge in [0, 0.05) is 24.7 Å². The highest BCUT2D eigenvalue weighted by Gasteiger charge is 2.32. The van der Waals surface area contributed by atoms with E-state index in [1.54, 1.807) is 7.11 Å². The number of fused-ring (bicyclic) bond motifs is 1. The fourth-order valence-corrected chi connectivity index (χ4v) is 3.79. The highest BCUT2D eigenvalue weighted by atomic mass is 16.5. The Bertz CT molecular complexity index is 492. The van der Waals surface area contributed by atoms with Crippen molar-refractivity contribution in [1.82, 2.24) is 10.2 Å². The number of benzene rings is 1. The molecule has 1 aliphatic heterocycles. The van der Waals surface area contributed by atoms with Gasteiger partial charge < -0.3 is 10.1 Å². The predicted octanol–water partition coefficient (Wildman–Crippen LogP) is 2.63. The molecule has 0 amide bonds. The fourth-order valence-electron chi connectivity index (χ4n) is 3.79. The Balaban J connectivity index is 1.66. The molecule has 21 heavy (non-hydrogen) atoms. The Morgan fingerprint density at radius 1 is 1.24 bits per heavy atom. The molecule has 0 aromatic heterocycles. The fraction of sp³-hybridized carbons (Fsp3) is 0.667. The Morgan fingerprint density at radius 3 is 2.67 bits per heavy atom. The molecule has 3 nitrogen and oxygen atoms in total. The van der Waals surface area contributed by atoms with Gasteiger partial charge in [-0.05, 0) is 69.3 Å². The van der Waals surface area contributed by atoms with Crippen LogP contribution in [-0.4, -0.2) is 43.7 Å². The largest absolute Gasteiger partial charge is 0.497 e. The van der Waals surface area contributed by atoms with E-state index < -0.39 is 0 Å². The number of nitrogens with zero attached hydrogens (tertiary/aromatic N) is 1. The molecule has 0 saturated carbocycles. The van der Waals surface area contributed by atoms with Crippen LogP contribution in [0.5, 0.6) is 5.75 Å². The molecule has 1 aliphatic carbocycles. The summed E-state index contributed by atoms with van der Waals surface area (Å²) in [6, 6.07) is 7.30. The summed E-state index contributed by atoms with van der Waals surface area (Å²) in [4.78, 5) is 2.71. The molecular weight excluding hydrogens is 260 g/mol. The third-order valence-corrected chi connectivity index (χ3v) is 5.64. The zero-order chi connectivity index (χ0) is 14.9. The summed E-state index contributed by atoms with van der Waals surface area (Å²) in [5.74, 6) is 0.996. The lowest BCUT2D eigenvalue weighted by Gasteiger charge is -2.44. The first-order chi connectivity index (χ1) is 10.1. The standard InChI is InChI=1S/C18H28N2O/c1-18(19-2)8-10-20(11-9-18)16-6-4-14-5-7-17(21-3)13-15(14)12-16/h5,7,13,16,19H,4,6,8-12H2,1-3H3. The van der Waals surface area contributed by atoms with Crippen molar-refractivity contribution in [1.29, 1.82) is 0 Å². The van der Waals surface area contributed by atoms with Crippen molar-refractivity contribution < 1.29 is 4.74 Å².